The zero-order chi connectivity index (χ0) is 21.1. The Morgan fingerprint density at radius 2 is 1.63 bits per heavy atom. The van der Waals surface area contributed by atoms with Crippen molar-refractivity contribution >= 4 is 27.5 Å². The van der Waals surface area contributed by atoms with E-state index in [2.05, 4.69) is 40.2 Å². The minimum atomic E-state index is 0.00108. The van der Waals surface area contributed by atoms with E-state index in [1.165, 1.54) is 5.56 Å². The zero-order valence-corrected chi connectivity index (χ0v) is 19.0. The van der Waals surface area contributed by atoms with Gasteiger partial charge in [-0.05, 0) is 42.2 Å². The van der Waals surface area contributed by atoms with Crippen LogP contribution in [-0.4, -0.2) is 30.8 Å². The van der Waals surface area contributed by atoms with Crippen molar-refractivity contribution in [3.63, 3.8) is 0 Å². The van der Waals surface area contributed by atoms with Gasteiger partial charge in [0.1, 0.15) is 0 Å². The molecule has 0 aromatic heterocycles. The molecule has 4 rings (SSSR count). The maximum absolute atomic E-state index is 13.3. The highest BCUT2D eigenvalue weighted by atomic mass is 79.9. The SMILES string of the molecule is COc1ccc(C2=NN(Cc3ccc(CBr)cc3)C(=O)[C@H]3CCCC[C@@H]23)cc1OC. The molecule has 0 spiro atoms. The Morgan fingerprint density at radius 1 is 0.967 bits per heavy atom. The number of alkyl halides is 1. The van der Waals surface area contributed by atoms with Gasteiger partial charge in [-0.3, -0.25) is 4.79 Å². The largest absolute Gasteiger partial charge is 0.493 e. The molecule has 1 aliphatic carbocycles. The number of ether oxygens (including phenoxy) is 2. The van der Waals surface area contributed by atoms with E-state index < -0.39 is 0 Å². The Bertz CT molecular complexity index is 942. The molecule has 1 heterocycles. The first-order valence-electron chi connectivity index (χ1n) is 10.4. The van der Waals surface area contributed by atoms with E-state index in [4.69, 9.17) is 14.6 Å². The molecule has 6 heteroatoms. The number of hydrogen-bond donors (Lipinski definition) is 0. The van der Waals surface area contributed by atoms with Crippen molar-refractivity contribution < 1.29 is 14.3 Å². The number of carbonyl (C=O) groups excluding carboxylic acids is 1. The summed E-state index contributed by atoms with van der Waals surface area (Å²) in [4.78, 5) is 13.3. The first-order valence-corrected chi connectivity index (χ1v) is 11.5. The molecule has 1 fully saturated rings. The molecule has 2 atom stereocenters. The number of amides is 1. The van der Waals surface area contributed by atoms with Crippen molar-refractivity contribution in [2.24, 2.45) is 16.9 Å². The molecular formula is C24H27BrN2O3. The first-order chi connectivity index (χ1) is 14.6. The number of hydrogen-bond acceptors (Lipinski definition) is 4. The quantitative estimate of drug-likeness (QED) is 0.548. The Hall–Kier alpha value is -2.34. The number of halogens is 1. The molecule has 0 N–H and O–H groups in total. The fraction of sp³-hybridized carbons (Fsp3) is 0.417. The van der Waals surface area contributed by atoms with Crippen LogP contribution in [0.15, 0.2) is 47.6 Å². The van der Waals surface area contributed by atoms with Crippen LogP contribution in [0.1, 0.15) is 42.4 Å². The predicted molar refractivity (Wildman–Crippen MR) is 121 cm³/mol. The topological polar surface area (TPSA) is 51.1 Å². The molecule has 0 bridgehead atoms. The van der Waals surface area contributed by atoms with Crippen molar-refractivity contribution in [3.05, 3.63) is 59.2 Å². The number of methoxy groups -OCH3 is 2. The molecule has 2 aliphatic rings. The second-order valence-corrected chi connectivity index (χ2v) is 8.46. The molecule has 0 radical (unpaired) electrons. The van der Waals surface area contributed by atoms with Gasteiger partial charge in [0.05, 0.1) is 26.5 Å². The third-order valence-corrected chi connectivity index (χ3v) is 6.75. The van der Waals surface area contributed by atoms with Crippen LogP contribution in [0, 0.1) is 11.8 Å². The number of benzene rings is 2. The average Bonchev–Trinajstić information content (AvgIpc) is 2.81. The van der Waals surface area contributed by atoms with E-state index in [1.54, 1.807) is 19.2 Å². The van der Waals surface area contributed by atoms with Crippen molar-refractivity contribution in [3.8, 4) is 11.5 Å². The zero-order valence-electron chi connectivity index (χ0n) is 17.4. The van der Waals surface area contributed by atoms with Gasteiger partial charge in [-0.2, -0.15) is 5.10 Å². The monoisotopic (exact) mass is 470 g/mol. The molecular weight excluding hydrogens is 444 g/mol. The summed E-state index contributed by atoms with van der Waals surface area (Å²) in [6.45, 7) is 0.488. The fourth-order valence-corrected chi connectivity index (χ4v) is 4.86. The maximum atomic E-state index is 13.3. The van der Waals surface area contributed by atoms with Gasteiger partial charge in [0, 0.05) is 22.7 Å². The third kappa shape index (κ3) is 4.10. The van der Waals surface area contributed by atoms with Crippen LogP contribution in [0.25, 0.3) is 0 Å². The van der Waals surface area contributed by atoms with Crippen LogP contribution in [-0.2, 0) is 16.7 Å². The van der Waals surface area contributed by atoms with E-state index in [0.717, 1.165) is 47.9 Å². The molecule has 5 nitrogen and oxygen atoms in total. The van der Waals surface area contributed by atoms with Crippen molar-refractivity contribution in [2.75, 3.05) is 14.2 Å². The summed E-state index contributed by atoms with van der Waals surface area (Å²) in [5.74, 6) is 1.68. The molecule has 1 aliphatic heterocycles. The van der Waals surface area contributed by atoms with E-state index in [-0.39, 0.29) is 17.7 Å². The highest BCUT2D eigenvalue weighted by molar-refractivity contribution is 9.08. The minimum Gasteiger partial charge on any atom is -0.493 e. The van der Waals surface area contributed by atoms with E-state index in [1.807, 2.05) is 18.2 Å². The lowest BCUT2D eigenvalue weighted by molar-refractivity contribution is -0.139. The number of rotatable bonds is 6. The van der Waals surface area contributed by atoms with Crippen LogP contribution < -0.4 is 9.47 Å². The number of carbonyl (C=O) groups is 1. The lowest BCUT2D eigenvalue weighted by atomic mass is 9.73. The molecule has 2 aromatic rings. The van der Waals surface area contributed by atoms with Gasteiger partial charge >= 0.3 is 0 Å². The van der Waals surface area contributed by atoms with Crippen molar-refractivity contribution in [1.29, 1.82) is 0 Å². The van der Waals surface area contributed by atoms with Crippen LogP contribution in [0.5, 0.6) is 11.5 Å². The second kappa shape index (κ2) is 9.21. The second-order valence-electron chi connectivity index (χ2n) is 7.90. The minimum absolute atomic E-state index is 0.00108. The maximum Gasteiger partial charge on any atom is 0.246 e. The Labute approximate surface area is 186 Å². The summed E-state index contributed by atoms with van der Waals surface area (Å²) in [7, 11) is 3.27. The average molecular weight is 471 g/mol. The molecule has 158 valence electrons. The molecule has 30 heavy (non-hydrogen) atoms. The third-order valence-electron chi connectivity index (χ3n) is 6.11. The van der Waals surface area contributed by atoms with Crippen molar-refractivity contribution in [1.82, 2.24) is 5.01 Å². The van der Waals surface area contributed by atoms with E-state index in [0.29, 0.717) is 18.0 Å². The molecule has 0 unspecified atom stereocenters. The highest BCUT2D eigenvalue weighted by Crippen LogP contribution is 2.39. The first kappa shape index (κ1) is 20.9. The van der Waals surface area contributed by atoms with Gasteiger partial charge < -0.3 is 9.47 Å². The van der Waals surface area contributed by atoms with Gasteiger partial charge in [-0.25, -0.2) is 5.01 Å². The molecule has 2 aromatic carbocycles. The Morgan fingerprint density at radius 3 is 2.30 bits per heavy atom. The van der Waals surface area contributed by atoms with Crippen molar-refractivity contribution in [2.45, 2.75) is 37.6 Å². The number of fused-ring (bicyclic) bond motifs is 1. The summed E-state index contributed by atoms with van der Waals surface area (Å²) < 4.78 is 10.9. The Balaban J connectivity index is 1.70. The van der Waals surface area contributed by atoms with Gasteiger partial charge in [0.15, 0.2) is 11.5 Å². The highest BCUT2D eigenvalue weighted by Gasteiger charge is 2.41. The standard InChI is InChI=1S/C24H27BrN2O3/c1-29-21-12-11-18(13-22(21)30-2)23-19-5-3-4-6-20(19)24(28)27(26-23)15-17-9-7-16(14-25)8-10-17/h7-13,19-20H,3-6,14-15H2,1-2H3/t19-,20+/m1/s1. The fourth-order valence-electron chi connectivity index (χ4n) is 4.49. The van der Waals surface area contributed by atoms with Crippen LogP contribution in [0.3, 0.4) is 0 Å². The van der Waals surface area contributed by atoms with Crippen LogP contribution in [0.2, 0.25) is 0 Å². The van der Waals surface area contributed by atoms with E-state index in [9.17, 15) is 4.79 Å². The summed E-state index contributed by atoms with van der Waals surface area (Å²) in [5.41, 5.74) is 4.28. The Kier molecular flexibility index (Phi) is 6.42. The van der Waals surface area contributed by atoms with Gasteiger partial charge in [-0.1, -0.05) is 53.0 Å². The molecule has 1 saturated carbocycles. The van der Waals surface area contributed by atoms with Crippen LogP contribution in [0.4, 0.5) is 0 Å². The molecule has 1 amide bonds. The predicted octanol–water partition coefficient (Wildman–Crippen LogP) is 5.15. The van der Waals surface area contributed by atoms with Gasteiger partial charge in [0.2, 0.25) is 5.91 Å². The molecule has 0 saturated heterocycles. The number of nitrogens with zero attached hydrogens (tertiary/aromatic N) is 2. The normalized spacial score (nSPS) is 21.1. The van der Waals surface area contributed by atoms with Crippen LogP contribution >= 0.6 is 15.9 Å². The van der Waals surface area contributed by atoms with E-state index >= 15 is 0 Å². The smallest absolute Gasteiger partial charge is 0.246 e. The summed E-state index contributed by atoms with van der Waals surface area (Å²) >= 11 is 3.48. The summed E-state index contributed by atoms with van der Waals surface area (Å²) in [6.07, 6.45) is 4.15. The van der Waals surface area contributed by atoms with Gasteiger partial charge in [-0.15, -0.1) is 0 Å². The summed E-state index contributed by atoms with van der Waals surface area (Å²) in [5, 5.41) is 7.37. The lowest BCUT2D eigenvalue weighted by Gasteiger charge is -2.38. The number of hydrazone groups is 1. The van der Waals surface area contributed by atoms with Gasteiger partial charge in [0.25, 0.3) is 0 Å². The summed E-state index contributed by atoms with van der Waals surface area (Å²) in [6, 6.07) is 14.2. The lowest BCUT2D eigenvalue weighted by Crippen LogP contribution is -2.45.